The van der Waals surface area contributed by atoms with Crippen molar-refractivity contribution in [3.05, 3.63) is 58.2 Å². The highest BCUT2D eigenvalue weighted by molar-refractivity contribution is 6.33. The average Bonchev–Trinajstić information content (AvgIpc) is 2.48. The zero-order valence-electron chi connectivity index (χ0n) is 12.4. The van der Waals surface area contributed by atoms with E-state index in [1.807, 2.05) is 31.2 Å². The van der Waals surface area contributed by atoms with Crippen molar-refractivity contribution < 1.29 is 4.79 Å². The summed E-state index contributed by atoms with van der Waals surface area (Å²) in [4.78, 5) is 18.2. The molecule has 2 aromatic rings. The molecule has 0 saturated heterocycles. The predicted octanol–water partition coefficient (Wildman–Crippen LogP) is 3.36. The lowest BCUT2D eigenvalue weighted by Gasteiger charge is -2.17. The molecule has 5 heteroatoms. The van der Waals surface area contributed by atoms with Crippen LogP contribution in [0.2, 0.25) is 5.02 Å². The van der Waals surface area contributed by atoms with E-state index in [9.17, 15) is 4.79 Å². The highest BCUT2D eigenvalue weighted by Gasteiger charge is 2.14. The summed E-state index contributed by atoms with van der Waals surface area (Å²) in [6.07, 6.45) is 1.53. The number of amides is 1. The van der Waals surface area contributed by atoms with Gasteiger partial charge in [0.25, 0.3) is 5.91 Å². The lowest BCUT2D eigenvalue weighted by atomic mass is 10.1. The molecule has 0 radical (unpaired) electrons. The first-order chi connectivity index (χ1) is 10.0. The van der Waals surface area contributed by atoms with Crippen molar-refractivity contribution in [1.82, 2.24) is 9.88 Å². The molecule has 2 rings (SSSR count). The summed E-state index contributed by atoms with van der Waals surface area (Å²) in [7, 11) is 3.50. The van der Waals surface area contributed by atoms with Crippen LogP contribution in [0, 0.1) is 6.92 Å². The van der Waals surface area contributed by atoms with Crippen molar-refractivity contribution in [3.63, 3.8) is 0 Å². The number of benzene rings is 1. The number of hydrogen-bond acceptors (Lipinski definition) is 3. The molecule has 0 bridgehead atoms. The van der Waals surface area contributed by atoms with Gasteiger partial charge in [-0.25, -0.2) is 4.98 Å². The number of nitrogens with zero attached hydrogens (tertiary/aromatic N) is 2. The summed E-state index contributed by atoms with van der Waals surface area (Å²) >= 11 is 6.06. The van der Waals surface area contributed by atoms with Gasteiger partial charge in [0.05, 0.1) is 10.6 Å². The zero-order chi connectivity index (χ0) is 15.4. The van der Waals surface area contributed by atoms with E-state index in [1.165, 1.54) is 11.8 Å². The van der Waals surface area contributed by atoms with Crippen molar-refractivity contribution in [2.24, 2.45) is 0 Å². The van der Waals surface area contributed by atoms with Crippen LogP contribution >= 0.6 is 11.6 Å². The van der Waals surface area contributed by atoms with Crippen LogP contribution < -0.4 is 5.32 Å². The molecule has 0 saturated carbocycles. The lowest BCUT2D eigenvalue weighted by molar-refractivity contribution is 0.0784. The minimum absolute atomic E-state index is 0.104. The summed E-state index contributed by atoms with van der Waals surface area (Å²) in [5, 5.41) is 3.30. The average molecular weight is 304 g/mol. The van der Waals surface area contributed by atoms with Crippen LogP contribution in [-0.2, 0) is 6.54 Å². The number of pyridine rings is 1. The second-order valence-electron chi connectivity index (χ2n) is 4.95. The van der Waals surface area contributed by atoms with Crippen molar-refractivity contribution in [3.8, 4) is 0 Å². The van der Waals surface area contributed by atoms with Gasteiger partial charge in [-0.3, -0.25) is 4.79 Å². The SMILES string of the molecule is CNc1ncc(C(=O)N(C)Cc2ccc(C)cc2)cc1Cl. The van der Waals surface area contributed by atoms with Crippen LogP contribution in [-0.4, -0.2) is 29.9 Å². The maximum atomic E-state index is 12.4. The molecule has 21 heavy (non-hydrogen) atoms. The van der Waals surface area contributed by atoms with Crippen LogP contribution in [0.5, 0.6) is 0 Å². The number of anilines is 1. The molecular weight excluding hydrogens is 286 g/mol. The van der Waals surface area contributed by atoms with Gasteiger partial charge in [0.2, 0.25) is 0 Å². The maximum Gasteiger partial charge on any atom is 0.255 e. The first kappa shape index (κ1) is 15.3. The van der Waals surface area contributed by atoms with Crippen molar-refractivity contribution in [1.29, 1.82) is 0 Å². The molecule has 1 amide bonds. The van der Waals surface area contributed by atoms with Gasteiger partial charge in [-0.15, -0.1) is 0 Å². The van der Waals surface area contributed by atoms with E-state index in [-0.39, 0.29) is 5.91 Å². The minimum atomic E-state index is -0.104. The Balaban J connectivity index is 2.11. The third-order valence-electron chi connectivity index (χ3n) is 3.21. The third-order valence-corrected chi connectivity index (χ3v) is 3.50. The van der Waals surface area contributed by atoms with E-state index < -0.39 is 0 Å². The van der Waals surface area contributed by atoms with Crippen LogP contribution in [0.4, 0.5) is 5.82 Å². The van der Waals surface area contributed by atoms with Crippen LogP contribution in [0.15, 0.2) is 36.5 Å². The molecule has 1 N–H and O–H groups in total. The van der Waals surface area contributed by atoms with Gasteiger partial charge < -0.3 is 10.2 Å². The Hall–Kier alpha value is -2.07. The van der Waals surface area contributed by atoms with E-state index in [1.54, 1.807) is 25.1 Å². The standard InChI is InChI=1S/C16H18ClN3O/c1-11-4-6-12(7-5-11)10-20(3)16(21)13-8-14(17)15(18-2)19-9-13/h4-9H,10H2,1-3H3,(H,18,19). The molecule has 0 aliphatic carbocycles. The van der Waals surface area contributed by atoms with Crippen LogP contribution in [0.1, 0.15) is 21.5 Å². The number of aromatic nitrogens is 1. The molecule has 0 aliphatic rings. The molecule has 110 valence electrons. The van der Waals surface area contributed by atoms with Gasteiger partial charge >= 0.3 is 0 Å². The summed E-state index contributed by atoms with van der Waals surface area (Å²) in [6.45, 7) is 2.58. The number of carbonyl (C=O) groups is 1. The Morgan fingerprint density at radius 2 is 2.00 bits per heavy atom. The number of rotatable bonds is 4. The van der Waals surface area contributed by atoms with Crippen molar-refractivity contribution in [2.75, 3.05) is 19.4 Å². The number of carbonyl (C=O) groups excluding carboxylic acids is 1. The number of aryl methyl sites for hydroxylation is 1. The molecule has 0 aliphatic heterocycles. The van der Waals surface area contributed by atoms with Crippen molar-refractivity contribution in [2.45, 2.75) is 13.5 Å². The second-order valence-corrected chi connectivity index (χ2v) is 5.36. The zero-order valence-corrected chi connectivity index (χ0v) is 13.1. The summed E-state index contributed by atoms with van der Waals surface area (Å²) in [5.41, 5.74) is 2.77. The molecule has 1 aromatic heterocycles. The topological polar surface area (TPSA) is 45.2 Å². The normalized spacial score (nSPS) is 10.3. The molecule has 0 spiro atoms. The predicted molar refractivity (Wildman–Crippen MR) is 85.8 cm³/mol. The van der Waals surface area contributed by atoms with E-state index in [0.717, 1.165) is 5.56 Å². The van der Waals surface area contributed by atoms with E-state index >= 15 is 0 Å². The van der Waals surface area contributed by atoms with Gasteiger partial charge in [-0.1, -0.05) is 41.4 Å². The molecule has 0 fully saturated rings. The fourth-order valence-corrected chi connectivity index (χ4v) is 2.26. The second kappa shape index (κ2) is 6.59. The van der Waals surface area contributed by atoms with Crippen LogP contribution in [0.3, 0.4) is 0 Å². The molecule has 0 atom stereocenters. The smallest absolute Gasteiger partial charge is 0.255 e. The third kappa shape index (κ3) is 3.73. The maximum absolute atomic E-state index is 12.4. The molecule has 0 unspecified atom stereocenters. The van der Waals surface area contributed by atoms with Crippen molar-refractivity contribution >= 4 is 23.3 Å². The molecule has 1 aromatic carbocycles. The number of nitrogens with one attached hydrogen (secondary N) is 1. The van der Waals surface area contributed by atoms with Gasteiger partial charge in [-0.05, 0) is 18.6 Å². The van der Waals surface area contributed by atoms with Gasteiger partial charge in [0, 0.05) is 26.8 Å². The lowest BCUT2D eigenvalue weighted by Crippen LogP contribution is -2.26. The number of halogens is 1. The Morgan fingerprint density at radius 1 is 1.33 bits per heavy atom. The Labute approximate surface area is 129 Å². The van der Waals surface area contributed by atoms with E-state index in [2.05, 4.69) is 10.3 Å². The Bertz CT molecular complexity index is 640. The fourth-order valence-electron chi connectivity index (χ4n) is 2.00. The largest absolute Gasteiger partial charge is 0.372 e. The minimum Gasteiger partial charge on any atom is -0.372 e. The molecular formula is C16H18ClN3O. The Morgan fingerprint density at radius 3 is 2.57 bits per heavy atom. The van der Waals surface area contributed by atoms with Crippen LogP contribution in [0.25, 0.3) is 0 Å². The number of hydrogen-bond donors (Lipinski definition) is 1. The monoisotopic (exact) mass is 303 g/mol. The highest BCUT2D eigenvalue weighted by atomic mass is 35.5. The van der Waals surface area contributed by atoms with E-state index in [4.69, 9.17) is 11.6 Å². The van der Waals surface area contributed by atoms with Gasteiger partial charge in [0.15, 0.2) is 0 Å². The first-order valence-electron chi connectivity index (χ1n) is 6.65. The van der Waals surface area contributed by atoms with E-state index in [0.29, 0.717) is 22.9 Å². The molecule has 4 nitrogen and oxygen atoms in total. The first-order valence-corrected chi connectivity index (χ1v) is 7.03. The summed E-state index contributed by atoms with van der Waals surface area (Å²) < 4.78 is 0. The summed E-state index contributed by atoms with van der Waals surface area (Å²) in [6, 6.07) is 9.75. The highest BCUT2D eigenvalue weighted by Crippen LogP contribution is 2.20. The fraction of sp³-hybridized carbons (Fsp3) is 0.250. The van der Waals surface area contributed by atoms with Gasteiger partial charge in [0.1, 0.15) is 5.82 Å². The summed E-state index contributed by atoms with van der Waals surface area (Å²) in [5.74, 6) is 0.460. The quantitative estimate of drug-likeness (QED) is 0.942. The van der Waals surface area contributed by atoms with Gasteiger partial charge in [-0.2, -0.15) is 0 Å². The Kier molecular flexibility index (Phi) is 4.81. The molecule has 1 heterocycles.